The molecule has 1 aliphatic heterocycles. The number of carbonyl (C=O) groups is 2. The molecule has 0 radical (unpaired) electrons. The number of hydrogen-bond acceptors (Lipinski definition) is 7. The van der Waals surface area contributed by atoms with Gasteiger partial charge in [-0.1, -0.05) is 17.4 Å². The fourth-order valence-electron chi connectivity index (χ4n) is 3.02. The average molecular weight is 401 g/mol. The van der Waals surface area contributed by atoms with Crippen molar-refractivity contribution in [2.45, 2.75) is 31.7 Å². The summed E-state index contributed by atoms with van der Waals surface area (Å²) in [6.07, 6.45) is 4.05. The Kier molecular flexibility index (Phi) is 5.38. The number of amides is 3. The summed E-state index contributed by atoms with van der Waals surface area (Å²) in [5.41, 5.74) is 0. The van der Waals surface area contributed by atoms with E-state index in [4.69, 9.17) is 0 Å². The van der Waals surface area contributed by atoms with Crippen LogP contribution < -0.4 is 15.5 Å². The van der Waals surface area contributed by atoms with Crippen LogP contribution in [0.1, 0.15) is 30.7 Å². The lowest BCUT2D eigenvalue weighted by molar-refractivity contribution is -0.117. The van der Waals surface area contributed by atoms with E-state index >= 15 is 0 Å². The van der Waals surface area contributed by atoms with Gasteiger partial charge in [0, 0.05) is 38.3 Å². The maximum Gasteiger partial charge on any atom is 0.318 e. The molecule has 28 heavy (non-hydrogen) atoms. The molecule has 2 aliphatic rings. The van der Waals surface area contributed by atoms with Crippen molar-refractivity contribution in [2.75, 3.05) is 36.4 Å². The molecule has 10 heteroatoms. The van der Waals surface area contributed by atoms with E-state index in [2.05, 4.69) is 30.7 Å². The Bertz CT molecular complexity index is 831. The monoisotopic (exact) mass is 401 g/mol. The SMILES string of the molecule is CC(NC(=O)N1CCN(c2ccccn2)CC1)C(=O)Nc1nnc(C2CC2)s1. The molecule has 2 fully saturated rings. The van der Waals surface area contributed by atoms with Crippen molar-refractivity contribution >= 4 is 34.2 Å². The van der Waals surface area contributed by atoms with Crippen LogP contribution in [0.2, 0.25) is 0 Å². The van der Waals surface area contributed by atoms with Crippen LogP contribution in [0.3, 0.4) is 0 Å². The molecule has 0 aromatic carbocycles. The first-order valence-corrected chi connectivity index (χ1v) is 10.3. The van der Waals surface area contributed by atoms with E-state index in [0.717, 1.165) is 23.7 Å². The first kappa shape index (κ1) is 18.6. The van der Waals surface area contributed by atoms with Crippen LogP contribution in [0.4, 0.5) is 15.7 Å². The number of anilines is 2. The Balaban J connectivity index is 1.24. The molecule has 9 nitrogen and oxygen atoms in total. The molecule has 3 amide bonds. The smallest absolute Gasteiger partial charge is 0.318 e. The summed E-state index contributed by atoms with van der Waals surface area (Å²) in [5, 5.41) is 15.1. The minimum Gasteiger partial charge on any atom is -0.353 e. The quantitative estimate of drug-likeness (QED) is 0.790. The van der Waals surface area contributed by atoms with Gasteiger partial charge in [0.1, 0.15) is 16.9 Å². The maximum absolute atomic E-state index is 12.5. The molecular weight excluding hydrogens is 378 g/mol. The van der Waals surface area contributed by atoms with Crippen LogP contribution in [0, 0.1) is 0 Å². The number of piperazine rings is 1. The Labute approximate surface area is 167 Å². The zero-order valence-corrected chi connectivity index (χ0v) is 16.5. The Hall–Kier alpha value is -2.75. The van der Waals surface area contributed by atoms with E-state index in [1.165, 1.54) is 11.3 Å². The van der Waals surface area contributed by atoms with Crippen LogP contribution in [0.25, 0.3) is 0 Å². The number of aromatic nitrogens is 3. The van der Waals surface area contributed by atoms with Gasteiger partial charge in [-0.3, -0.25) is 10.1 Å². The minimum atomic E-state index is -0.658. The number of nitrogens with zero attached hydrogens (tertiary/aromatic N) is 5. The van der Waals surface area contributed by atoms with Crippen LogP contribution >= 0.6 is 11.3 Å². The highest BCUT2D eigenvalue weighted by Gasteiger charge is 2.28. The summed E-state index contributed by atoms with van der Waals surface area (Å²) in [6.45, 7) is 4.25. The van der Waals surface area contributed by atoms with E-state index in [1.54, 1.807) is 18.0 Å². The Morgan fingerprint density at radius 2 is 1.96 bits per heavy atom. The van der Waals surface area contributed by atoms with Gasteiger partial charge in [0.25, 0.3) is 0 Å². The standard InChI is InChI=1S/C18H23N7O2S/c1-12(15(26)21-17-23-22-16(28-17)13-5-6-13)20-18(27)25-10-8-24(9-11-25)14-4-2-3-7-19-14/h2-4,7,12-13H,5-6,8-11H2,1H3,(H,20,27)(H,21,23,26). The third-order valence-electron chi connectivity index (χ3n) is 4.87. The van der Waals surface area contributed by atoms with E-state index in [0.29, 0.717) is 37.2 Å². The number of rotatable bonds is 5. The highest BCUT2D eigenvalue weighted by Crippen LogP contribution is 2.42. The summed E-state index contributed by atoms with van der Waals surface area (Å²) < 4.78 is 0. The van der Waals surface area contributed by atoms with Crippen LogP contribution in [-0.4, -0.2) is 64.2 Å². The molecule has 2 N–H and O–H groups in total. The van der Waals surface area contributed by atoms with Crippen molar-refractivity contribution in [1.29, 1.82) is 0 Å². The normalized spacial score (nSPS) is 17.9. The van der Waals surface area contributed by atoms with Gasteiger partial charge < -0.3 is 15.1 Å². The molecule has 2 aromatic rings. The molecule has 4 rings (SSSR count). The molecule has 1 saturated heterocycles. The molecule has 1 aliphatic carbocycles. The Morgan fingerprint density at radius 3 is 2.64 bits per heavy atom. The molecule has 0 spiro atoms. The van der Waals surface area contributed by atoms with Crippen molar-refractivity contribution < 1.29 is 9.59 Å². The molecule has 2 aromatic heterocycles. The molecule has 148 valence electrons. The molecule has 1 unspecified atom stereocenters. The Morgan fingerprint density at radius 1 is 1.18 bits per heavy atom. The summed E-state index contributed by atoms with van der Waals surface area (Å²) in [5.74, 6) is 1.13. The molecule has 1 atom stereocenters. The van der Waals surface area contributed by atoms with Crippen molar-refractivity contribution in [1.82, 2.24) is 25.4 Å². The second kappa shape index (κ2) is 8.09. The topological polar surface area (TPSA) is 103 Å². The average Bonchev–Trinajstić information content (AvgIpc) is 3.48. The summed E-state index contributed by atoms with van der Waals surface area (Å²) >= 11 is 1.41. The number of carbonyl (C=O) groups excluding carboxylic acids is 2. The second-order valence-electron chi connectivity index (χ2n) is 7.04. The van der Waals surface area contributed by atoms with Gasteiger partial charge >= 0.3 is 6.03 Å². The van der Waals surface area contributed by atoms with Gasteiger partial charge in [-0.15, -0.1) is 10.2 Å². The molecule has 0 bridgehead atoms. The van der Waals surface area contributed by atoms with E-state index in [9.17, 15) is 9.59 Å². The van der Waals surface area contributed by atoms with E-state index in [1.807, 2.05) is 18.2 Å². The van der Waals surface area contributed by atoms with E-state index in [-0.39, 0.29) is 11.9 Å². The van der Waals surface area contributed by atoms with Gasteiger partial charge in [-0.2, -0.15) is 0 Å². The van der Waals surface area contributed by atoms with Crippen molar-refractivity contribution in [3.05, 3.63) is 29.4 Å². The lowest BCUT2D eigenvalue weighted by Crippen LogP contribution is -2.54. The van der Waals surface area contributed by atoms with E-state index < -0.39 is 6.04 Å². The van der Waals surface area contributed by atoms with Gasteiger partial charge in [0.2, 0.25) is 11.0 Å². The zero-order chi connectivity index (χ0) is 19.5. The molecular formula is C18H23N7O2S. The predicted molar refractivity (Wildman–Crippen MR) is 107 cm³/mol. The fourth-order valence-corrected chi connectivity index (χ4v) is 3.93. The third kappa shape index (κ3) is 4.38. The summed E-state index contributed by atoms with van der Waals surface area (Å²) in [4.78, 5) is 33.0. The number of urea groups is 1. The minimum absolute atomic E-state index is 0.237. The van der Waals surface area contributed by atoms with Crippen molar-refractivity contribution in [3.63, 3.8) is 0 Å². The summed E-state index contributed by atoms with van der Waals surface area (Å²) in [6, 6.07) is 4.90. The first-order chi connectivity index (χ1) is 13.6. The number of pyridine rings is 1. The molecule has 3 heterocycles. The second-order valence-corrected chi connectivity index (χ2v) is 8.05. The van der Waals surface area contributed by atoms with Crippen LogP contribution in [-0.2, 0) is 4.79 Å². The number of hydrogen-bond donors (Lipinski definition) is 2. The predicted octanol–water partition coefficient (Wildman–Crippen LogP) is 1.67. The largest absolute Gasteiger partial charge is 0.353 e. The highest BCUT2D eigenvalue weighted by molar-refractivity contribution is 7.15. The van der Waals surface area contributed by atoms with Gasteiger partial charge in [-0.05, 0) is 31.9 Å². The van der Waals surface area contributed by atoms with Crippen LogP contribution in [0.5, 0.6) is 0 Å². The summed E-state index contributed by atoms with van der Waals surface area (Å²) in [7, 11) is 0. The van der Waals surface area contributed by atoms with Crippen molar-refractivity contribution in [3.8, 4) is 0 Å². The lowest BCUT2D eigenvalue weighted by atomic mass is 10.3. The van der Waals surface area contributed by atoms with Crippen molar-refractivity contribution in [2.24, 2.45) is 0 Å². The van der Waals surface area contributed by atoms with Gasteiger partial charge in [0.15, 0.2) is 0 Å². The first-order valence-electron chi connectivity index (χ1n) is 9.46. The van der Waals surface area contributed by atoms with Gasteiger partial charge in [0.05, 0.1) is 0 Å². The van der Waals surface area contributed by atoms with Gasteiger partial charge in [-0.25, -0.2) is 9.78 Å². The third-order valence-corrected chi connectivity index (χ3v) is 5.87. The fraction of sp³-hybridized carbons (Fsp3) is 0.500. The maximum atomic E-state index is 12.5. The molecule has 1 saturated carbocycles. The zero-order valence-electron chi connectivity index (χ0n) is 15.7. The van der Waals surface area contributed by atoms with Crippen LogP contribution in [0.15, 0.2) is 24.4 Å². The lowest BCUT2D eigenvalue weighted by Gasteiger charge is -2.35. The highest BCUT2D eigenvalue weighted by atomic mass is 32.1. The number of nitrogens with one attached hydrogen (secondary N) is 2.